The van der Waals surface area contributed by atoms with Gasteiger partial charge in [-0.3, -0.25) is 9.40 Å². The summed E-state index contributed by atoms with van der Waals surface area (Å²) in [5, 5.41) is 12.7. The van der Waals surface area contributed by atoms with Crippen molar-refractivity contribution < 1.29 is 28.4 Å². The molecule has 172 valence electrons. The maximum Gasteiger partial charge on any atom is 0.350 e. The molecular formula is C22H37NO6P-. The third kappa shape index (κ3) is 6.89. The minimum absolute atomic E-state index is 0.100. The molecule has 1 aromatic carbocycles. The number of carbonyl (C=O) groups excluding carboxylic acids is 1. The molecule has 0 aliphatic carbocycles. The van der Waals surface area contributed by atoms with Crippen molar-refractivity contribution in [3.63, 3.8) is 0 Å². The largest absolute Gasteiger partial charge is 0.545 e. The first-order valence-corrected chi connectivity index (χ1v) is 11.9. The van der Waals surface area contributed by atoms with E-state index in [1.807, 2.05) is 48.5 Å². The summed E-state index contributed by atoms with van der Waals surface area (Å²) in [6.07, 6.45) is -0.429. The van der Waals surface area contributed by atoms with E-state index >= 15 is 0 Å². The summed E-state index contributed by atoms with van der Waals surface area (Å²) in [5.74, 6) is -1.90. The van der Waals surface area contributed by atoms with Crippen LogP contribution in [-0.4, -0.2) is 35.6 Å². The monoisotopic (exact) mass is 442 g/mol. The Labute approximate surface area is 181 Å². The zero-order valence-corrected chi connectivity index (χ0v) is 20.6. The lowest BCUT2D eigenvalue weighted by Gasteiger charge is -2.48. The highest BCUT2D eigenvalue weighted by Crippen LogP contribution is 2.61. The summed E-state index contributed by atoms with van der Waals surface area (Å²) in [6, 6.07) is 6.35. The maximum absolute atomic E-state index is 13.8. The molecule has 0 aromatic heterocycles. The second kappa shape index (κ2) is 10.4. The summed E-state index contributed by atoms with van der Waals surface area (Å²) >= 11 is 0. The Bertz CT molecular complexity index is 725. The van der Waals surface area contributed by atoms with Crippen LogP contribution in [0.25, 0.3) is 0 Å². The number of aromatic carboxylic acids is 1. The average molecular weight is 443 g/mol. The van der Waals surface area contributed by atoms with Crippen LogP contribution in [0, 0.1) is 5.41 Å². The summed E-state index contributed by atoms with van der Waals surface area (Å²) in [5.41, 5.74) is -0.139. The van der Waals surface area contributed by atoms with Crippen LogP contribution < -0.4 is 5.11 Å². The van der Waals surface area contributed by atoms with Gasteiger partial charge >= 0.3 is 7.60 Å². The Morgan fingerprint density at radius 2 is 1.50 bits per heavy atom. The number of hydrogen-bond acceptors (Lipinski definition) is 7. The van der Waals surface area contributed by atoms with E-state index in [1.165, 1.54) is 12.1 Å². The number of carboxylic acids is 1. The van der Waals surface area contributed by atoms with Gasteiger partial charge in [-0.1, -0.05) is 45.0 Å². The van der Waals surface area contributed by atoms with Crippen LogP contribution in [0.3, 0.4) is 0 Å². The number of hydrogen-bond donors (Lipinski definition) is 0. The fourth-order valence-electron chi connectivity index (χ4n) is 3.20. The fourth-order valence-corrected chi connectivity index (χ4v) is 5.88. The topological polar surface area (TPSA) is 88.1 Å². The van der Waals surface area contributed by atoms with E-state index in [-0.39, 0.29) is 18.8 Å². The Kier molecular flexibility index (Phi) is 9.27. The molecule has 0 N–H and O–H groups in total. The van der Waals surface area contributed by atoms with Crippen LogP contribution in [0.1, 0.15) is 84.3 Å². The third-order valence-electron chi connectivity index (χ3n) is 4.46. The number of nitrogens with zero attached hydrogens (tertiary/aromatic N) is 1. The van der Waals surface area contributed by atoms with Crippen LogP contribution in [-0.2, 0) is 18.5 Å². The predicted octanol–water partition coefficient (Wildman–Crippen LogP) is 4.78. The van der Waals surface area contributed by atoms with E-state index in [4.69, 9.17) is 13.9 Å². The van der Waals surface area contributed by atoms with Gasteiger partial charge in [-0.05, 0) is 58.1 Å². The van der Waals surface area contributed by atoms with Crippen molar-refractivity contribution in [2.24, 2.45) is 5.41 Å². The number of carboxylic acid groups (broad SMARTS) is 1. The fraction of sp³-hybridized carbons (Fsp3) is 0.682. The molecule has 0 radical (unpaired) electrons. The van der Waals surface area contributed by atoms with Crippen molar-refractivity contribution in [1.29, 1.82) is 0 Å². The lowest BCUT2D eigenvalue weighted by molar-refractivity contribution is -0.264. The molecule has 0 aliphatic rings. The van der Waals surface area contributed by atoms with Crippen LogP contribution in [0.5, 0.6) is 0 Å². The molecule has 30 heavy (non-hydrogen) atoms. The highest BCUT2D eigenvalue weighted by atomic mass is 31.2. The molecule has 2 unspecified atom stereocenters. The average Bonchev–Trinajstić information content (AvgIpc) is 2.59. The van der Waals surface area contributed by atoms with Crippen molar-refractivity contribution in [2.45, 2.75) is 79.7 Å². The normalized spacial score (nSPS) is 15.3. The molecule has 0 saturated heterocycles. The van der Waals surface area contributed by atoms with Gasteiger partial charge in [0.2, 0.25) is 0 Å². The predicted molar refractivity (Wildman–Crippen MR) is 116 cm³/mol. The molecule has 8 heteroatoms. The quantitative estimate of drug-likeness (QED) is 0.380. The number of hydroxylamine groups is 2. The molecule has 7 nitrogen and oxygen atoms in total. The summed E-state index contributed by atoms with van der Waals surface area (Å²) in [6.45, 7) is 17.8. The minimum Gasteiger partial charge on any atom is -0.545 e. The Morgan fingerprint density at radius 1 is 1.03 bits per heavy atom. The van der Waals surface area contributed by atoms with Crippen molar-refractivity contribution in [2.75, 3.05) is 13.2 Å². The van der Waals surface area contributed by atoms with Crippen LogP contribution in [0.4, 0.5) is 0 Å². The molecule has 0 spiro atoms. The van der Waals surface area contributed by atoms with E-state index < -0.39 is 36.4 Å². The van der Waals surface area contributed by atoms with Crippen LogP contribution in [0.15, 0.2) is 24.3 Å². The van der Waals surface area contributed by atoms with Crippen molar-refractivity contribution in [3.8, 4) is 0 Å². The van der Waals surface area contributed by atoms with Gasteiger partial charge in [0.1, 0.15) is 11.9 Å². The van der Waals surface area contributed by atoms with Crippen molar-refractivity contribution in [1.82, 2.24) is 5.06 Å². The second-order valence-corrected chi connectivity index (χ2v) is 11.4. The maximum atomic E-state index is 13.8. The Morgan fingerprint density at radius 3 is 1.83 bits per heavy atom. The highest BCUT2D eigenvalue weighted by molar-refractivity contribution is 7.54. The zero-order valence-electron chi connectivity index (χ0n) is 19.7. The first-order valence-electron chi connectivity index (χ1n) is 10.3. The molecule has 0 saturated carbocycles. The number of carbonyl (C=O) groups is 1. The molecule has 1 aromatic rings. The lowest BCUT2D eigenvalue weighted by Crippen LogP contribution is -2.53. The number of rotatable bonds is 10. The summed E-state index contributed by atoms with van der Waals surface area (Å²) in [7, 11) is -3.56. The third-order valence-corrected chi connectivity index (χ3v) is 7.28. The molecule has 0 heterocycles. The summed E-state index contributed by atoms with van der Waals surface area (Å²) in [4.78, 5) is 17.4. The van der Waals surface area contributed by atoms with Gasteiger partial charge in [0.15, 0.2) is 0 Å². The standard InChI is InChI=1S/C22H38NO6P/c1-10-27-30(26,28-11-2)20(21(4,5)6)23(22(7,8)9)29-16(3)17-12-14-18(15-13-17)19(24)25/h12-16,20H,10-11H2,1-9H3,(H,24,25)/p-1. The van der Waals surface area contributed by atoms with E-state index in [1.54, 1.807) is 31.0 Å². The van der Waals surface area contributed by atoms with Gasteiger partial charge in [0, 0.05) is 5.54 Å². The molecule has 0 fully saturated rings. The Balaban J connectivity index is 3.39. The zero-order chi connectivity index (χ0) is 23.3. The van der Waals surface area contributed by atoms with Gasteiger partial charge < -0.3 is 18.9 Å². The first kappa shape index (κ1) is 26.8. The lowest BCUT2D eigenvalue weighted by atomic mass is 9.94. The van der Waals surface area contributed by atoms with Gasteiger partial charge in [-0.25, -0.2) is 0 Å². The molecule has 1 rings (SSSR count). The first-order chi connectivity index (χ1) is 13.7. The molecule has 0 amide bonds. The van der Waals surface area contributed by atoms with E-state index in [9.17, 15) is 14.5 Å². The van der Waals surface area contributed by atoms with Gasteiger partial charge in [0.05, 0.1) is 19.2 Å². The van der Waals surface area contributed by atoms with Gasteiger partial charge in [-0.2, -0.15) is 5.06 Å². The second-order valence-electron chi connectivity index (χ2n) is 9.27. The Hall–Kier alpha value is -1.24. The van der Waals surface area contributed by atoms with Gasteiger partial charge in [-0.15, -0.1) is 0 Å². The smallest absolute Gasteiger partial charge is 0.350 e. The van der Waals surface area contributed by atoms with Crippen LogP contribution in [0.2, 0.25) is 0 Å². The van der Waals surface area contributed by atoms with E-state index in [0.717, 1.165) is 5.56 Å². The minimum atomic E-state index is -3.56. The van der Waals surface area contributed by atoms with E-state index in [0.29, 0.717) is 0 Å². The van der Waals surface area contributed by atoms with Crippen LogP contribution >= 0.6 is 7.60 Å². The molecule has 0 bridgehead atoms. The van der Waals surface area contributed by atoms with Crippen molar-refractivity contribution >= 4 is 13.6 Å². The molecule has 0 aliphatic heterocycles. The summed E-state index contributed by atoms with van der Waals surface area (Å²) < 4.78 is 25.3. The highest BCUT2D eigenvalue weighted by Gasteiger charge is 2.51. The number of benzene rings is 1. The van der Waals surface area contributed by atoms with Gasteiger partial charge in [0.25, 0.3) is 0 Å². The van der Waals surface area contributed by atoms with Crippen molar-refractivity contribution in [3.05, 3.63) is 35.4 Å². The van der Waals surface area contributed by atoms with E-state index in [2.05, 4.69) is 0 Å². The molecular weight excluding hydrogens is 405 g/mol. The molecule has 2 atom stereocenters. The SMILES string of the molecule is CCOP(=O)(OCC)C(N(OC(C)c1ccc(C(=O)[O-])cc1)C(C)(C)C)C(C)(C)C.